The maximum absolute atomic E-state index is 12.5. The fraction of sp³-hybridized carbons (Fsp3) is 0.273. The van der Waals surface area contributed by atoms with Gasteiger partial charge in [0.2, 0.25) is 5.91 Å². The Morgan fingerprint density at radius 3 is 2.45 bits per heavy atom. The van der Waals surface area contributed by atoms with E-state index in [4.69, 9.17) is 0 Å². The van der Waals surface area contributed by atoms with Crippen LogP contribution in [0.5, 0.6) is 0 Å². The molecule has 3 amide bonds. The molecule has 0 saturated carbocycles. The summed E-state index contributed by atoms with van der Waals surface area (Å²) in [7, 11) is -2.06. The average molecular weight is 443 g/mol. The summed E-state index contributed by atoms with van der Waals surface area (Å²) in [5.74, 6) is -0.208. The number of aromatic nitrogens is 1. The van der Waals surface area contributed by atoms with Gasteiger partial charge in [0, 0.05) is 36.4 Å². The second-order valence-electron chi connectivity index (χ2n) is 7.25. The molecule has 164 valence electrons. The maximum atomic E-state index is 12.5. The third-order valence-electron chi connectivity index (χ3n) is 4.82. The Bertz CT molecular complexity index is 1180. The Morgan fingerprint density at radius 1 is 1.03 bits per heavy atom. The van der Waals surface area contributed by atoms with Crippen LogP contribution in [-0.2, 0) is 28.3 Å². The lowest BCUT2D eigenvalue weighted by Crippen LogP contribution is -2.39. The van der Waals surface area contributed by atoms with Gasteiger partial charge in [-0.15, -0.1) is 0 Å². The molecule has 0 unspecified atom stereocenters. The summed E-state index contributed by atoms with van der Waals surface area (Å²) >= 11 is 0. The van der Waals surface area contributed by atoms with Gasteiger partial charge in [-0.2, -0.15) is 0 Å². The quantitative estimate of drug-likeness (QED) is 0.466. The number of urea groups is 1. The molecule has 0 spiro atoms. The third-order valence-corrected chi connectivity index (χ3v) is 6.17. The molecule has 0 radical (unpaired) electrons. The third kappa shape index (κ3) is 5.64. The van der Waals surface area contributed by atoms with Gasteiger partial charge in [-0.25, -0.2) is 17.9 Å². The van der Waals surface area contributed by atoms with Gasteiger partial charge in [-0.05, 0) is 42.3 Å². The average Bonchev–Trinajstić information content (AvgIpc) is 3.04. The summed E-state index contributed by atoms with van der Waals surface area (Å²) in [6.45, 7) is 2.37. The zero-order valence-electron chi connectivity index (χ0n) is 17.5. The number of carbonyl (C=O) groups is 2. The molecule has 9 heteroatoms. The number of amides is 3. The summed E-state index contributed by atoms with van der Waals surface area (Å²) in [6.07, 6.45) is 3.78. The molecule has 0 fully saturated rings. The van der Waals surface area contributed by atoms with Crippen LogP contribution in [0.2, 0.25) is 0 Å². The minimum absolute atomic E-state index is 0.0646. The highest BCUT2D eigenvalue weighted by atomic mass is 32.2. The van der Waals surface area contributed by atoms with E-state index in [1.807, 2.05) is 53.7 Å². The molecule has 0 atom stereocenters. The van der Waals surface area contributed by atoms with E-state index < -0.39 is 16.1 Å². The van der Waals surface area contributed by atoms with Crippen LogP contribution in [-0.4, -0.2) is 31.5 Å². The number of anilines is 1. The van der Waals surface area contributed by atoms with Crippen LogP contribution in [0.25, 0.3) is 10.9 Å². The van der Waals surface area contributed by atoms with E-state index in [0.717, 1.165) is 29.3 Å². The van der Waals surface area contributed by atoms with Crippen molar-refractivity contribution in [3.8, 4) is 0 Å². The Morgan fingerprint density at radius 2 is 1.74 bits per heavy atom. The number of fused-ring (bicyclic) bond motifs is 1. The van der Waals surface area contributed by atoms with Crippen molar-refractivity contribution in [3.05, 3.63) is 60.3 Å². The highest BCUT2D eigenvalue weighted by Crippen LogP contribution is 2.21. The lowest BCUT2D eigenvalue weighted by Gasteiger charge is -2.09. The molecule has 3 N–H and O–H groups in total. The standard InChI is InChI=1S/C22H26N4O4S/c1-3-4-13-23-22(28)25-31(29,30)18-11-9-17(10-12-18)24-21(27)14-16-15-26(2)20-8-6-5-7-19(16)20/h5-12,15H,3-4,13-14H2,1-2H3,(H,24,27)(H2,23,25,28). The Labute approximate surface area is 181 Å². The molecule has 0 aliphatic heterocycles. The minimum Gasteiger partial charge on any atom is -0.350 e. The fourth-order valence-corrected chi connectivity index (χ4v) is 4.19. The second-order valence-corrected chi connectivity index (χ2v) is 8.93. The van der Waals surface area contributed by atoms with E-state index in [9.17, 15) is 18.0 Å². The normalized spacial score (nSPS) is 11.3. The summed E-state index contributed by atoms with van der Waals surface area (Å²) in [6, 6.07) is 12.8. The molecule has 3 aromatic rings. The van der Waals surface area contributed by atoms with Crippen molar-refractivity contribution in [2.24, 2.45) is 7.05 Å². The summed E-state index contributed by atoms with van der Waals surface area (Å²) in [5, 5.41) is 6.29. The number of hydrogen-bond acceptors (Lipinski definition) is 4. The lowest BCUT2D eigenvalue weighted by molar-refractivity contribution is -0.115. The molecule has 8 nitrogen and oxygen atoms in total. The van der Waals surface area contributed by atoms with Crippen LogP contribution >= 0.6 is 0 Å². The van der Waals surface area contributed by atoms with E-state index in [2.05, 4.69) is 10.6 Å². The number of para-hydroxylation sites is 1. The molecule has 3 rings (SSSR count). The first kappa shape index (κ1) is 22.4. The highest BCUT2D eigenvalue weighted by molar-refractivity contribution is 7.90. The molecule has 0 bridgehead atoms. The van der Waals surface area contributed by atoms with Gasteiger partial charge in [-0.1, -0.05) is 31.5 Å². The minimum atomic E-state index is -3.99. The van der Waals surface area contributed by atoms with Gasteiger partial charge in [-0.3, -0.25) is 4.79 Å². The van der Waals surface area contributed by atoms with E-state index in [0.29, 0.717) is 12.2 Å². The maximum Gasteiger partial charge on any atom is 0.328 e. The van der Waals surface area contributed by atoms with Gasteiger partial charge in [0.05, 0.1) is 11.3 Å². The zero-order chi connectivity index (χ0) is 22.4. The largest absolute Gasteiger partial charge is 0.350 e. The van der Waals surface area contributed by atoms with Gasteiger partial charge in [0.25, 0.3) is 10.0 Å². The number of rotatable bonds is 8. The SMILES string of the molecule is CCCCNC(=O)NS(=O)(=O)c1ccc(NC(=O)Cc2cn(C)c3ccccc23)cc1. The number of carbonyl (C=O) groups excluding carboxylic acids is 2. The van der Waals surface area contributed by atoms with Gasteiger partial charge in [0.1, 0.15) is 0 Å². The highest BCUT2D eigenvalue weighted by Gasteiger charge is 2.17. The van der Waals surface area contributed by atoms with Crippen molar-refractivity contribution in [3.63, 3.8) is 0 Å². The molecular weight excluding hydrogens is 416 g/mol. The van der Waals surface area contributed by atoms with Crippen molar-refractivity contribution in [2.45, 2.75) is 31.1 Å². The van der Waals surface area contributed by atoms with Gasteiger partial charge in [0.15, 0.2) is 0 Å². The topological polar surface area (TPSA) is 109 Å². The molecular formula is C22H26N4O4S. The smallest absolute Gasteiger partial charge is 0.328 e. The van der Waals surface area contributed by atoms with Crippen molar-refractivity contribution >= 4 is 38.6 Å². The molecule has 0 aliphatic carbocycles. The van der Waals surface area contributed by atoms with E-state index in [1.165, 1.54) is 24.3 Å². The first-order valence-corrected chi connectivity index (χ1v) is 11.5. The summed E-state index contributed by atoms with van der Waals surface area (Å²) in [4.78, 5) is 24.1. The predicted molar refractivity (Wildman–Crippen MR) is 120 cm³/mol. The van der Waals surface area contributed by atoms with Crippen molar-refractivity contribution in [1.29, 1.82) is 0 Å². The molecule has 31 heavy (non-hydrogen) atoms. The number of sulfonamides is 1. The van der Waals surface area contributed by atoms with Gasteiger partial charge >= 0.3 is 6.03 Å². The van der Waals surface area contributed by atoms with Crippen LogP contribution in [0, 0.1) is 0 Å². The van der Waals surface area contributed by atoms with Crippen LogP contribution in [0.3, 0.4) is 0 Å². The lowest BCUT2D eigenvalue weighted by atomic mass is 10.1. The van der Waals surface area contributed by atoms with E-state index in [1.54, 1.807) is 0 Å². The first-order valence-electron chi connectivity index (χ1n) is 10.0. The van der Waals surface area contributed by atoms with Crippen molar-refractivity contribution < 1.29 is 18.0 Å². The van der Waals surface area contributed by atoms with Crippen LogP contribution in [0.4, 0.5) is 10.5 Å². The summed E-state index contributed by atoms with van der Waals surface area (Å²) < 4.78 is 28.6. The number of benzene rings is 2. The van der Waals surface area contributed by atoms with E-state index in [-0.39, 0.29) is 17.2 Å². The van der Waals surface area contributed by atoms with Crippen LogP contribution in [0.1, 0.15) is 25.3 Å². The molecule has 2 aromatic carbocycles. The molecule has 1 aromatic heterocycles. The van der Waals surface area contributed by atoms with Gasteiger partial charge < -0.3 is 15.2 Å². The van der Waals surface area contributed by atoms with Crippen molar-refractivity contribution in [2.75, 3.05) is 11.9 Å². The molecule has 0 saturated heterocycles. The number of nitrogens with one attached hydrogen (secondary N) is 3. The van der Waals surface area contributed by atoms with Crippen LogP contribution < -0.4 is 15.4 Å². The Hall–Kier alpha value is -3.33. The summed E-state index contributed by atoms with van der Waals surface area (Å²) in [5.41, 5.74) is 2.43. The Balaban J connectivity index is 1.62. The number of nitrogens with zero attached hydrogens (tertiary/aromatic N) is 1. The molecule has 1 heterocycles. The fourth-order valence-electron chi connectivity index (χ4n) is 3.26. The zero-order valence-corrected chi connectivity index (χ0v) is 18.3. The Kier molecular flexibility index (Phi) is 6.96. The first-order chi connectivity index (χ1) is 14.8. The predicted octanol–water partition coefficient (Wildman–Crippen LogP) is 3.15. The van der Waals surface area contributed by atoms with Crippen molar-refractivity contribution in [1.82, 2.24) is 14.6 Å². The second kappa shape index (κ2) is 9.65. The van der Waals surface area contributed by atoms with Crippen LogP contribution in [0.15, 0.2) is 59.6 Å². The molecule has 0 aliphatic rings. The monoisotopic (exact) mass is 442 g/mol. The van der Waals surface area contributed by atoms with E-state index >= 15 is 0 Å². The number of hydrogen-bond donors (Lipinski definition) is 3. The number of aryl methyl sites for hydroxylation is 1. The number of unbranched alkanes of at least 4 members (excludes halogenated alkanes) is 1.